The Hall–Kier alpha value is -0.500. The molecule has 0 saturated carbocycles. The molecule has 11 heavy (non-hydrogen) atoms. The maximum Gasteiger partial charge on any atom is 0.0841 e. The second kappa shape index (κ2) is 3.77. The van der Waals surface area contributed by atoms with Crippen molar-refractivity contribution in [2.75, 3.05) is 14.1 Å². The van der Waals surface area contributed by atoms with Gasteiger partial charge >= 0.3 is 0 Å². The lowest BCUT2D eigenvalue weighted by molar-refractivity contribution is 0.163. The Morgan fingerprint density at radius 2 is 1.91 bits per heavy atom. The highest BCUT2D eigenvalue weighted by atomic mass is 15.3. The van der Waals surface area contributed by atoms with Gasteiger partial charge in [-0.25, -0.2) is 0 Å². The fourth-order valence-corrected chi connectivity index (χ4v) is 0.633. The van der Waals surface area contributed by atoms with Gasteiger partial charge in [0.05, 0.1) is 5.66 Å². The lowest BCUT2D eigenvalue weighted by Crippen LogP contribution is -2.50. The monoisotopic (exact) mass is 156 g/mol. The first kappa shape index (κ1) is 10.5. The molecular weight excluding hydrogens is 136 g/mol. The highest BCUT2D eigenvalue weighted by Gasteiger charge is 2.18. The van der Waals surface area contributed by atoms with Gasteiger partial charge < -0.3 is 5.32 Å². The average molecular weight is 156 g/mol. The van der Waals surface area contributed by atoms with Crippen molar-refractivity contribution >= 4 is 0 Å². The summed E-state index contributed by atoms with van der Waals surface area (Å²) in [7, 11) is 4.10. The lowest BCUT2D eigenvalue weighted by Gasteiger charge is -2.35. The number of hydrogen-bond acceptors (Lipinski definition) is 2. The molecule has 0 fully saturated rings. The van der Waals surface area contributed by atoms with E-state index in [1.54, 1.807) is 0 Å². The molecule has 0 radical (unpaired) electrons. The number of rotatable bonds is 4. The van der Waals surface area contributed by atoms with Crippen molar-refractivity contribution in [1.29, 1.82) is 0 Å². The van der Waals surface area contributed by atoms with E-state index in [9.17, 15) is 0 Å². The van der Waals surface area contributed by atoms with Gasteiger partial charge in [0, 0.05) is 5.70 Å². The predicted molar refractivity (Wildman–Crippen MR) is 50.3 cm³/mol. The number of nitrogens with one attached hydrogen (secondary N) is 1. The van der Waals surface area contributed by atoms with E-state index >= 15 is 0 Å². The van der Waals surface area contributed by atoms with Crippen molar-refractivity contribution in [3.63, 3.8) is 0 Å². The zero-order chi connectivity index (χ0) is 9.07. The van der Waals surface area contributed by atoms with E-state index in [4.69, 9.17) is 0 Å². The van der Waals surface area contributed by atoms with Gasteiger partial charge in [0.1, 0.15) is 0 Å². The van der Waals surface area contributed by atoms with Crippen molar-refractivity contribution in [3.05, 3.63) is 12.3 Å². The van der Waals surface area contributed by atoms with Gasteiger partial charge in [-0.05, 0) is 34.4 Å². The van der Waals surface area contributed by atoms with Gasteiger partial charge in [-0.2, -0.15) is 0 Å². The SMILES string of the molecule is C=C(CC)NC(C)(C)N(C)C. The smallest absolute Gasteiger partial charge is 0.0841 e. The van der Waals surface area contributed by atoms with Crippen LogP contribution in [0.4, 0.5) is 0 Å². The molecule has 0 unspecified atom stereocenters. The summed E-state index contributed by atoms with van der Waals surface area (Å²) in [5.41, 5.74) is 1.09. The minimum absolute atomic E-state index is 0.00704. The molecule has 0 saturated heterocycles. The van der Waals surface area contributed by atoms with E-state index in [1.807, 2.05) is 0 Å². The molecule has 0 amide bonds. The van der Waals surface area contributed by atoms with E-state index < -0.39 is 0 Å². The van der Waals surface area contributed by atoms with Crippen LogP contribution in [0.1, 0.15) is 27.2 Å². The fraction of sp³-hybridized carbons (Fsp3) is 0.778. The molecule has 1 N–H and O–H groups in total. The molecule has 0 heterocycles. The molecule has 0 aromatic carbocycles. The molecule has 0 spiro atoms. The zero-order valence-electron chi connectivity index (χ0n) is 8.36. The second-order valence-corrected chi connectivity index (χ2v) is 3.54. The summed E-state index contributed by atoms with van der Waals surface area (Å²) in [6, 6.07) is 0. The summed E-state index contributed by atoms with van der Waals surface area (Å²) in [6.07, 6.45) is 0.983. The van der Waals surface area contributed by atoms with Gasteiger partial charge in [0.15, 0.2) is 0 Å². The summed E-state index contributed by atoms with van der Waals surface area (Å²) in [5, 5.41) is 3.34. The minimum Gasteiger partial charge on any atom is -0.371 e. The Morgan fingerprint density at radius 1 is 1.45 bits per heavy atom. The first-order valence-electron chi connectivity index (χ1n) is 4.03. The topological polar surface area (TPSA) is 15.3 Å². The van der Waals surface area contributed by atoms with Crippen molar-refractivity contribution in [2.24, 2.45) is 0 Å². The maximum absolute atomic E-state index is 3.90. The van der Waals surface area contributed by atoms with Crippen LogP contribution < -0.4 is 5.32 Å². The van der Waals surface area contributed by atoms with Crippen LogP contribution in [0.15, 0.2) is 12.3 Å². The molecule has 66 valence electrons. The molecule has 0 aliphatic rings. The van der Waals surface area contributed by atoms with Gasteiger partial charge in [-0.15, -0.1) is 0 Å². The predicted octanol–water partition coefficient (Wildman–Crippen LogP) is 1.80. The summed E-state index contributed by atoms with van der Waals surface area (Å²) in [5.74, 6) is 0. The number of allylic oxidation sites excluding steroid dienone is 1. The van der Waals surface area contributed by atoms with Crippen LogP contribution in [0, 0.1) is 0 Å². The molecule has 0 aliphatic carbocycles. The van der Waals surface area contributed by atoms with Gasteiger partial charge in [-0.3, -0.25) is 4.90 Å². The molecule has 0 aromatic rings. The van der Waals surface area contributed by atoms with Crippen LogP contribution in [0.5, 0.6) is 0 Å². The Balaban J connectivity index is 4.01. The molecule has 2 heteroatoms. The van der Waals surface area contributed by atoms with Crippen LogP contribution in [0.25, 0.3) is 0 Å². The van der Waals surface area contributed by atoms with Gasteiger partial charge in [0.25, 0.3) is 0 Å². The molecule has 0 rings (SSSR count). The van der Waals surface area contributed by atoms with E-state index in [2.05, 4.69) is 51.7 Å². The molecule has 0 aromatic heterocycles. The van der Waals surface area contributed by atoms with E-state index in [-0.39, 0.29) is 5.66 Å². The third-order valence-electron chi connectivity index (χ3n) is 2.03. The van der Waals surface area contributed by atoms with Crippen molar-refractivity contribution in [3.8, 4) is 0 Å². The summed E-state index contributed by atoms with van der Waals surface area (Å²) < 4.78 is 0. The molecular formula is C9H20N2. The van der Waals surface area contributed by atoms with Crippen LogP contribution in [-0.4, -0.2) is 24.7 Å². The zero-order valence-corrected chi connectivity index (χ0v) is 8.36. The first-order chi connectivity index (χ1) is 4.90. The van der Waals surface area contributed by atoms with Crippen LogP contribution >= 0.6 is 0 Å². The second-order valence-electron chi connectivity index (χ2n) is 3.54. The highest BCUT2D eigenvalue weighted by molar-refractivity contribution is 4.95. The Morgan fingerprint density at radius 3 is 2.18 bits per heavy atom. The van der Waals surface area contributed by atoms with E-state index in [0.717, 1.165) is 12.1 Å². The molecule has 0 atom stereocenters. The largest absolute Gasteiger partial charge is 0.371 e. The van der Waals surface area contributed by atoms with Crippen molar-refractivity contribution in [2.45, 2.75) is 32.9 Å². The first-order valence-corrected chi connectivity index (χ1v) is 4.03. The molecule has 0 aliphatic heterocycles. The summed E-state index contributed by atoms with van der Waals surface area (Å²) in [4.78, 5) is 2.13. The fourth-order valence-electron chi connectivity index (χ4n) is 0.633. The lowest BCUT2D eigenvalue weighted by atomic mass is 10.2. The summed E-state index contributed by atoms with van der Waals surface area (Å²) >= 11 is 0. The third kappa shape index (κ3) is 3.42. The standard InChI is InChI=1S/C9H20N2/c1-7-8(2)10-9(3,4)11(5)6/h10H,2,7H2,1,3-6H3. The van der Waals surface area contributed by atoms with Crippen molar-refractivity contribution in [1.82, 2.24) is 10.2 Å². The quantitative estimate of drug-likeness (QED) is 0.624. The maximum atomic E-state index is 3.90. The Kier molecular flexibility index (Phi) is 3.59. The van der Waals surface area contributed by atoms with E-state index in [1.165, 1.54) is 0 Å². The van der Waals surface area contributed by atoms with Crippen LogP contribution in [0.3, 0.4) is 0 Å². The molecule has 0 bridgehead atoms. The minimum atomic E-state index is 0.00704. The highest BCUT2D eigenvalue weighted by Crippen LogP contribution is 2.08. The van der Waals surface area contributed by atoms with Gasteiger partial charge in [0.2, 0.25) is 0 Å². The number of nitrogens with zero attached hydrogens (tertiary/aromatic N) is 1. The Bertz CT molecular complexity index is 136. The number of hydrogen-bond donors (Lipinski definition) is 1. The normalized spacial score (nSPS) is 11.8. The van der Waals surface area contributed by atoms with Gasteiger partial charge in [-0.1, -0.05) is 13.5 Å². The average Bonchev–Trinajstić information content (AvgIpc) is 1.86. The van der Waals surface area contributed by atoms with Crippen LogP contribution in [0.2, 0.25) is 0 Å². The third-order valence-corrected chi connectivity index (χ3v) is 2.03. The molecule has 2 nitrogen and oxygen atoms in total. The van der Waals surface area contributed by atoms with Crippen LogP contribution in [-0.2, 0) is 0 Å². The Labute approximate surface area is 70.3 Å². The van der Waals surface area contributed by atoms with Crippen molar-refractivity contribution < 1.29 is 0 Å². The van der Waals surface area contributed by atoms with E-state index in [0.29, 0.717) is 0 Å². The summed E-state index contributed by atoms with van der Waals surface area (Å²) in [6.45, 7) is 10.3.